The molecule has 0 aliphatic rings. The number of ether oxygens (including phenoxy) is 1. The number of aromatic nitrogens is 4. The summed E-state index contributed by atoms with van der Waals surface area (Å²) in [4.78, 5) is 13.7. The molecule has 3 aromatic rings. The number of aryl methyl sites for hydroxylation is 1. The lowest BCUT2D eigenvalue weighted by Gasteiger charge is -2.08. The fraction of sp³-hybridized carbons (Fsp3) is 0.143. The van der Waals surface area contributed by atoms with Crippen molar-refractivity contribution in [2.45, 2.75) is 6.92 Å². The molecule has 0 radical (unpaired) electrons. The van der Waals surface area contributed by atoms with Gasteiger partial charge in [-0.3, -0.25) is 4.79 Å². The van der Waals surface area contributed by atoms with Crippen LogP contribution in [0.25, 0.3) is 5.69 Å². The van der Waals surface area contributed by atoms with Crippen molar-refractivity contribution in [3.63, 3.8) is 0 Å². The molecule has 0 unspecified atom stereocenters. The first kappa shape index (κ1) is 15.1. The van der Waals surface area contributed by atoms with E-state index in [1.165, 1.54) is 47.7 Å². The highest BCUT2D eigenvalue weighted by Gasteiger charge is 2.18. The van der Waals surface area contributed by atoms with E-state index in [0.717, 1.165) is 4.88 Å². The van der Waals surface area contributed by atoms with Crippen LogP contribution >= 0.6 is 11.3 Å². The Morgan fingerprint density at radius 1 is 1.39 bits per heavy atom. The van der Waals surface area contributed by atoms with Crippen LogP contribution in [0.2, 0.25) is 0 Å². The Morgan fingerprint density at radius 2 is 2.22 bits per heavy atom. The third kappa shape index (κ3) is 3.04. The molecule has 0 spiro atoms. The number of methoxy groups -OCH3 is 1. The van der Waals surface area contributed by atoms with E-state index in [4.69, 9.17) is 4.74 Å². The van der Waals surface area contributed by atoms with E-state index in [2.05, 4.69) is 20.8 Å². The number of tetrazole rings is 1. The van der Waals surface area contributed by atoms with Crippen molar-refractivity contribution in [2.75, 3.05) is 12.4 Å². The highest BCUT2D eigenvalue weighted by Crippen LogP contribution is 2.30. The number of anilines is 1. The Bertz CT molecular complexity index is 847. The van der Waals surface area contributed by atoms with Crippen LogP contribution < -0.4 is 10.1 Å². The molecule has 0 saturated heterocycles. The van der Waals surface area contributed by atoms with Crippen molar-refractivity contribution in [3.8, 4) is 11.4 Å². The quantitative estimate of drug-likeness (QED) is 0.793. The Hall–Kier alpha value is -2.81. The molecule has 118 valence electrons. The van der Waals surface area contributed by atoms with Gasteiger partial charge in [-0.05, 0) is 41.6 Å². The van der Waals surface area contributed by atoms with Crippen molar-refractivity contribution >= 4 is 22.9 Å². The van der Waals surface area contributed by atoms with Crippen molar-refractivity contribution in [1.29, 1.82) is 0 Å². The first-order valence-corrected chi connectivity index (χ1v) is 7.39. The van der Waals surface area contributed by atoms with Crippen LogP contribution in [-0.4, -0.2) is 33.2 Å². The van der Waals surface area contributed by atoms with Gasteiger partial charge in [0.05, 0.1) is 18.5 Å². The molecular weight excluding hydrogens is 321 g/mol. The lowest BCUT2D eigenvalue weighted by molar-refractivity contribution is 0.102. The Labute approximate surface area is 134 Å². The van der Waals surface area contributed by atoms with Crippen LogP contribution in [0.1, 0.15) is 14.5 Å². The summed E-state index contributed by atoms with van der Waals surface area (Å²) >= 11 is 1.28. The van der Waals surface area contributed by atoms with Crippen molar-refractivity contribution in [2.24, 2.45) is 0 Å². The third-order valence-corrected chi connectivity index (χ3v) is 4.09. The van der Waals surface area contributed by atoms with Gasteiger partial charge in [-0.1, -0.05) is 0 Å². The molecule has 0 aliphatic carbocycles. The molecule has 0 atom stereocenters. The second kappa shape index (κ2) is 6.13. The normalized spacial score (nSPS) is 10.6. The maximum absolute atomic E-state index is 14.0. The number of thiophene rings is 1. The van der Waals surface area contributed by atoms with Gasteiger partial charge in [0.1, 0.15) is 22.8 Å². The number of carbonyl (C=O) groups is 1. The number of hydrogen-bond acceptors (Lipinski definition) is 6. The maximum atomic E-state index is 14.0. The zero-order chi connectivity index (χ0) is 16.4. The molecule has 23 heavy (non-hydrogen) atoms. The fourth-order valence-corrected chi connectivity index (χ4v) is 2.89. The lowest BCUT2D eigenvalue weighted by atomic mass is 10.2. The SMILES string of the molecule is COc1cc(C)sc1C(=O)Nc1cc(-n2cnnn2)ccc1F. The van der Waals surface area contributed by atoms with Crippen molar-refractivity contribution < 1.29 is 13.9 Å². The standard InChI is InChI=1S/C14H12FN5O2S/c1-8-5-12(22-2)13(23-8)14(21)17-11-6-9(3-4-10(11)15)20-7-16-18-19-20/h3-7H,1-2H3,(H,17,21). The van der Waals surface area contributed by atoms with Crippen LogP contribution in [0.15, 0.2) is 30.6 Å². The zero-order valence-electron chi connectivity index (χ0n) is 12.3. The number of carbonyl (C=O) groups excluding carboxylic acids is 1. The number of nitrogens with one attached hydrogen (secondary N) is 1. The van der Waals surface area contributed by atoms with Gasteiger partial charge in [-0.25, -0.2) is 9.07 Å². The van der Waals surface area contributed by atoms with Crippen LogP contribution in [0.5, 0.6) is 5.75 Å². The molecule has 1 amide bonds. The number of benzene rings is 1. The smallest absolute Gasteiger partial charge is 0.269 e. The van der Waals surface area contributed by atoms with Gasteiger partial charge in [0, 0.05) is 4.88 Å². The van der Waals surface area contributed by atoms with Crippen LogP contribution in [0.4, 0.5) is 10.1 Å². The van der Waals surface area contributed by atoms with E-state index >= 15 is 0 Å². The number of amides is 1. The summed E-state index contributed by atoms with van der Waals surface area (Å²) in [5, 5.41) is 13.3. The third-order valence-electron chi connectivity index (χ3n) is 3.06. The van der Waals surface area contributed by atoms with Crippen LogP contribution in [0, 0.1) is 12.7 Å². The first-order valence-electron chi connectivity index (χ1n) is 6.57. The minimum Gasteiger partial charge on any atom is -0.495 e. The van der Waals surface area contributed by atoms with Gasteiger partial charge in [-0.15, -0.1) is 16.4 Å². The largest absolute Gasteiger partial charge is 0.495 e. The molecule has 0 aliphatic heterocycles. The van der Waals surface area contributed by atoms with Gasteiger partial charge in [0.15, 0.2) is 0 Å². The molecule has 0 saturated carbocycles. The summed E-state index contributed by atoms with van der Waals surface area (Å²) < 4.78 is 20.5. The summed E-state index contributed by atoms with van der Waals surface area (Å²) in [6, 6.07) is 5.96. The van der Waals surface area contributed by atoms with E-state index in [1.807, 2.05) is 6.92 Å². The molecule has 0 bridgehead atoms. The summed E-state index contributed by atoms with van der Waals surface area (Å²) in [7, 11) is 1.48. The molecule has 1 aromatic carbocycles. The summed E-state index contributed by atoms with van der Waals surface area (Å²) in [6.07, 6.45) is 1.38. The minimum absolute atomic E-state index is 0.0381. The lowest BCUT2D eigenvalue weighted by Crippen LogP contribution is -2.13. The molecule has 1 N–H and O–H groups in total. The second-order valence-corrected chi connectivity index (χ2v) is 5.88. The van der Waals surface area contributed by atoms with E-state index in [9.17, 15) is 9.18 Å². The monoisotopic (exact) mass is 333 g/mol. The van der Waals surface area contributed by atoms with E-state index in [1.54, 1.807) is 6.07 Å². The molecule has 7 nitrogen and oxygen atoms in total. The Balaban J connectivity index is 1.90. The summed E-state index contributed by atoms with van der Waals surface area (Å²) in [5.74, 6) is -0.530. The van der Waals surface area contributed by atoms with Gasteiger partial charge >= 0.3 is 0 Å². The van der Waals surface area contributed by atoms with Gasteiger partial charge < -0.3 is 10.1 Å². The number of rotatable bonds is 4. The Morgan fingerprint density at radius 3 is 2.91 bits per heavy atom. The predicted octanol–water partition coefficient (Wildman–Crippen LogP) is 2.43. The van der Waals surface area contributed by atoms with Crippen molar-refractivity contribution in [3.05, 3.63) is 46.2 Å². The first-order chi connectivity index (χ1) is 11.1. The molecule has 2 aromatic heterocycles. The number of hydrogen-bond donors (Lipinski definition) is 1. The summed E-state index contributed by atoms with van der Waals surface area (Å²) in [5.41, 5.74) is 0.567. The molecule has 9 heteroatoms. The molecular formula is C14H12FN5O2S. The van der Waals surface area contributed by atoms with E-state index in [0.29, 0.717) is 16.3 Å². The molecule has 0 fully saturated rings. The maximum Gasteiger partial charge on any atom is 0.269 e. The van der Waals surface area contributed by atoms with Crippen LogP contribution in [0.3, 0.4) is 0 Å². The van der Waals surface area contributed by atoms with Gasteiger partial charge in [0.25, 0.3) is 5.91 Å². The van der Waals surface area contributed by atoms with E-state index < -0.39 is 11.7 Å². The number of nitrogens with zero attached hydrogens (tertiary/aromatic N) is 4. The average Bonchev–Trinajstić information content (AvgIpc) is 3.18. The minimum atomic E-state index is -0.553. The summed E-state index contributed by atoms with van der Waals surface area (Å²) in [6.45, 7) is 1.86. The fourth-order valence-electron chi connectivity index (χ4n) is 2.01. The van der Waals surface area contributed by atoms with Crippen LogP contribution in [-0.2, 0) is 0 Å². The highest BCUT2D eigenvalue weighted by atomic mass is 32.1. The average molecular weight is 333 g/mol. The molecule has 3 rings (SSSR count). The zero-order valence-corrected chi connectivity index (χ0v) is 13.1. The topological polar surface area (TPSA) is 81.9 Å². The van der Waals surface area contributed by atoms with Crippen molar-refractivity contribution in [1.82, 2.24) is 20.2 Å². The predicted molar refractivity (Wildman–Crippen MR) is 82.7 cm³/mol. The van der Waals surface area contributed by atoms with E-state index in [-0.39, 0.29) is 5.69 Å². The molecule has 2 heterocycles. The number of halogens is 1. The van der Waals surface area contributed by atoms with Gasteiger partial charge in [0.2, 0.25) is 0 Å². The second-order valence-electron chi connectivity index (χ2n) is 4.63. The highest BCUT2D eigenvalue weighted by molar-refractivity contribution is 7.14. The Kier molecular flexibility index (Phi) is 4.02. The van der Waals surface area contributed by atoms with Gasteiger partial charge in [-0.2, -0.15) is 0 Å².